The number of nitrogens with zero attached hydrogens (tertiary/aromatic N) is 3. The van der Waals surface area contributed by atoms with Crippen LogP contribution in [0.1, 0.15) is 5.56 Å². The Kier molecular flexibility index (Phi) is 6.12. The number of methoxy groups -OCH3 is 3. The molecule has 0 spiro atoms. The average Bonchev–Trinajstić information content (AvgIpc) is 2.72. The zero-order valence-electron chi connectivity index (χ0n) is 15.7. The predicted octanol–water partition coefficient (Wildman–Crippen LogP) is 0.450. The third kappa shape index (κ3) is 4.16. The SMILES string of the molecule is COc1cc(CC[NH+]2CCN(c3ncccn3)CC2)cc(OC)c1OC. The Bertz CT molecular complexity index is 678. The fourth-order valence-electron chi connectivity index (χ4n) is 3.33. The monoisotopic (exact) mass is 359 g/mol. The molecule has 1 aromatic carbocycles. The van der Waals surface area contributed by atoms with Gasteiger partial charge in [-0.3, -0.25) is 0 Å². The topological polar surface area (TPSA) is 61.2 Å². The highest BCUT2D eigenvalue weighted by molar-refractivity contribution is 5.53. The van der Waals surface area contributed by atoms with Gasteiger partial charge in [-0.05, 0) is 23.8 Å². The molecule has 1 aromatic heterocycles. The Balaban J connectivity index is 1.57. The minimum atomic E-state index is 0.641. The zero-order chi connectivity index (χ0) is 18.4. The molecule has 0 atom stereocenters. The smallest absolute Gasteiger partial charge is 0.225 e. The molecule has 0 aliphatic carbocycles. The summed E-state index contributed by atoms with van der Waals surface area (Å²) in [4.78, 5) is 12.5. The van der Waals surface area contributed by atoms with Crippen molar-refractivity contribution < 1.29 is 19.1 Å². The first-order chi connectivity index (χ1) is 12.7. The van der Waals surface area contributed by atoms with E-state index in [0.29, 0.717) is 17.2 Å². The number of benzene rings is 1. The Morgan fingerprint density at radius 1 is 0.962 bits per heavy atom. The van der Waals surface area contributed by atoms with E-state index in [1.54, 1.807) is 38.6 Å². The first-order valence-electron chi connectivity index (χ1n) is 8.89. The first kappa shape index (κ1) is 18.3. The molecule has 7 nitrogen and oxygen atoms in total. The van der Waals surface area contributed by atoms with Crippen LogP contribution in [0.15, 0.2) is 30.6 Å². The Hall–Kier alpha value is -2.54. The van der Waals surface area contributed by atoms with Gasteiger partial charge in [-0.2, -0.15) is 0 Å². The molecule has 0 bridgehead atoms. The Labute approximate surface area is 154 Å². The summed E-state index contributed by atoms with van der Waals surface area (Å²) in [5, 5.41) is 0. The van der Waals surface area contributed by atoms with Crippen LogP contribution in [-0.4, -0.2) is 64.0 Å². The highest BCUT2D eigenvalue weighted by Crippen LogP contribution is 2.38. The molecule has 1 aliphatic heterocycles. The number of aromatic nitrogens is 2. The van der Waals surface area contributed by atoms with Crippen molar-refractivity contribution in [2.24, 2.45) is 0 Å². The van der Waals surface area contributed by atoms with Crippen molar-refractivity contribution in [3.63, 3.8) is 0 Å². The molecule has 7 heteroatoms. The molecular formula is C19H27N4O3+. The van der Waals surface area contributed by atoms with Gasteiger partial charge in [-0.1, -0.05) is 0 Å². The highest BCUT2D eigenvalue weighted by Gasteiger charge is 2.22. The number of piperazine rings is 1. The minimum absolute atomic E-state index is 0.641. The maximum absolute atomic E-state index is 5.44. The van der Waals surface area contributed by atoms with E-state index in [2.05, 4.69) is 14.9 Å². The third-order valence-electron chi connectivity index (χ3n) is 4.80. The van der Waals surface area contributed by atoms with E-state index < -0.39 is 0 Å². The summed E-state index contributed by atoms with van der Waals surface area (Å²) in [7, 11) is 4.93. The number of anilines is 1. The summed E-state index contributed by atoms with van der Waals surface area (Å²) in [6, 6.07) is 5.92. The Morgan fingerprint density at radius 2 is 1.58 bits per heavy atom. The van der Waals surface area contributed by atoms with Crippen molar-refractivity contribution in [1.29, 1.82) is 0 Å². The van der Waals surface area contributed by atoms with Gasteiger partial charge < -0.3 is 24.0 Å². The standard InChI is InChI=1S/C19H26N4O3/c1-24-16-13-15(14-17(25-2)18(16)26-3)5-8-22-9-11-23(12-10-22)19-20-6-4-7-21-19/h4,6-7,13-14H,5,8-12H2,1-3H3/p+1. The molecule has 2 aromatic rings. The number of hydrogen-bond donors (Lipinski definition) is 1. The summed E-state index contributed by atoms with van der Waals surface area (Å²) in [5.74, 6) is 2.89. The van der Waals surface area contributed by atoms with Crippen LogP contribution in [0.2, 0.25) is 0 Å². The summed E-state index contributed by atoms with van der Waals surface area (Å²) < 4.78 is 16.3. The van der Waals surface area contributed by atoms with Crippen LogP contribution >= 0.6 is 0 Å². The molecule has 0 radical (unpaired) electrons. The second-order valence-corrected chi connectivity index (χ2v) is 6.32. The van der Waals surface area contributed by atoms with Crippen molar-refractivity contribution in [3.8, 4) is 17.2 Å². The van der Waals surface area contributed by atoms with Crippen LogP contribution in [0.3, 0.4) is 0 Å². The quantitative estimate of drug-likeness (QED) is 0.775. The van der Waals surface area contributed by atoms with Crippen LogP contribution in [0.4, 0.5) is 5.95 Å². The predicted molar refractivity (Wildman–Crippen MR) is 99.6 cm³/mol. The maximum Gasteiger partial charge on any atom is 0.225 e. The summed E-state index contributed by atoms with van der Waals surface area (Å²) in [6.07, 6.45) is 4.56. The lowest BCUT2D eigenvalue weighted by molar-refractivity contribution is -0.900. The van der Waals surface area contributed by atoms with Crippen LogP contribution in [0.5, 0.6) is 17.2 Å². The fourth-order valence-corrected chi connectivity index (χ4v) is 3.33. The molecule has 0 amide bonds. The van der Waals surface area contributed by atoms with E-state index in [0.717, 1.165) is 45.1 Å². The normalized spacial score (nSPS) is 15.0. The van der Waals surface area contributed by atoms with Gasteiger partial charge in [0.2, 0.25) is 11.7 Å². The average molecular weight is 359 g/mol. The van der Waals surface area contributed by atoms with E-state index in [9.17, 15) is 0 Å². The lowest BCUT2D eigenvalue weighted by Gasteiger charge is -2.32. The molecule has 26 heavy (non-hydrogen) atoms. The molecular weight excluding hydrogens is 332 g/mol. The van der Waals surface area contributed by atoms with Crippen molar-refractivity contribution in [2.75, 3.05) is 59.0 Å². The molecule has 0 unspecified atom stereocenters. The van der Waals surface area contributed by atoms with Gasteiger partial charge in [-0.15, -0.1) is 0 Å². The first-order valence-corrected chi connectivity index (χ1v) is 8.89. The van der Waals surface area contributed by atoms with Gasteiger partial charge in [0.25, 0.3) is 0 Å². The second kappa shape index (κ2) is 8.71. The third-order valence-corrected chi connectivity index (χ3v) is 4.80. The van der Waals surface area contributed by atoms with Crippen molar-refractivity contribution in [3.05, 3.63) is 36.2 Å². The summed E-state index contributed by atoms with van der Waals surface area (Å²) >= 11 is 0. The molecule has 1 N–H and O–H groups in total. The minimum Gasteiger partial charge on any atom is -0.493 e. The van der Waals surface area contributed by atoms with Crippen molar-refractivity contribution >= 4 is 5.95 Å². The van der Waals surface area contributed by atoms with Gasteiger partial charge in [0.1, 0.15) is 0 Å². The van der Waals surface area contributed by atoms with Gasteiger partial charge in [0, 0.05) is 18.8 Å². The molecule has 3 rings (SSSR count). The molecule has 2 heterocycles. The largest absolute Gasteiger partial charge is 0.493 e. The van der Waals surface area contributed by atoms with Crippen molar-refractivity contribution in [1.82, 2.24) is 9.97 Å². The molecule has 0 saturated carbocycles. The van der Waals surface area contributed by atoms with Crippen LogP contribution < -0.4 is 24.0 Å². The van der Waals surface area contributed by atoms with E-state index in [1.165, 1.54) is 5.56 Å². The van der Waals surface area contributed by atoms with Crippen LogP contribution in [0, 0.1) is 0 Å². The molecule has 140 valence electrons. The fraction of sp³-hybridized carbons (Fsp3) is 0.474. The van der Waals surface area contributed by atoms with E-state index >= 15 is 0 Å². The number of nitrogens with one attached hydrogen (secondary N) is 1. The second-order valence-electron chi connectivity index (χ2n) is 6.32. The molecule has 1 aliphatic rings. The Morgan fingerprint density at radius 3 is 2.12 bits per heavy atom. The highest BCUT2D eigenvalue weighted by atomic mass is 16.5. The van der Waals surface area contributed by atoms with Gasteiger partial charge >= 0.3 is 0 Å². The number of ether oxygens (including phenoxy) is 3. The summed E-state index contributed by atoms with van der Waals surface area (Å²) in [6.45, 7) is 5.21. The van der Waals surface area contributed by atoms with E-state index in [1.807, 2.05) is 18.2 Å². The summed E-state index contributed by atoms with van der Waals surface area (Å²) in [5.41, 5.74) is 1.20. The van der Waals surface area contributed by atoms with E-state index in [4.69, 9.17) is 14.2 Å². The number of rotatable bonds is 7. The van der Waals surface area contributed by atoms with Crippen molar-refractivity contribution in [2.45, 2.75) is 6.42 Å². The lowest BCUT2D eigenvalue weighted by Crippen LogP contribution is -3.15. The number of hydrogen-bond acceptors (Lipinski definition) is 6. The van der Waals surface area contributed by atoms with Gasteiger partial charge in [0.15, 0.2) is 11.5 Å². The molecule has 1 saturated heterocycles. The van der Waals surface area contributed by atoms with Crippen LogP contribution in [-0.2, 0) is 6.42 Å². The number of quaternary nitrogens is 1. The molecule has 1 fully saturated rings. The van der Waals surface area contributed by atoms with E-state index in [-0.39, 0.29) is 0 Å². The maximum atomic E-state index is 5.44. The van der Waals surface area contributed by atoms with Gasteiger partial charge in [-0.25, -0.2) is 9.97 Å². The lowest BCUT2D eigenvalue weighted by atomic mass is 10.1. The van der Waals surface area contributed by atoms with Gasteiger partial charge in [0.05, 0.1) is 54.1 Å². The van der Waals surface area contributed by atoms with Crippen LogP contribution in [0.25, 0.3) is 0 Å². The zero-order valence-corrected chi connectivity index (χ0v) is 15.7.